The molecule has 1 aliphatic rings. The lowest BCUT2D eigenvalue weighted by Crippen LogP contribution is -2.30. The topological polar surface area (TPSA) is 96.9 Å². The summed E-state index contributed by atoms with van der Waals surface area (Å²) in [6, 6.07) is 18.8. The van der Waals surface area contributed by atoms with Gasteiger partial charge in [0.05, 0.1) is 6.61 Å². The molecule has 0 spiro atoms. The third kappa shape index (κ3) is 7.85. The minimum Gasteiger partial charge on any atom is -0.493 e. The zero-order valence-corrected chi connectivity index (χ0v) is 23.6. The van der Waals surface area contributed by atoms with Crippen LogP contribution in [0.2, 0.25) is 0 Å². The van der Waals surface area contributed by atoms with Gasteiger partial charge in [-0.05, 0) is 72.4 Å². The molecule has 40 heavy (non-hydrogen) atoms. The highest BCUT2D eigenvalue weighted by Crippen LogP contribution is 2.40. The standard InChI is InChI=1S/C33H40N2O5/c1-23-26(12-8-13-27(23)25-10-4-3-5-11-25)22-40-31-20-32(39-19-7-6-16-33(37)38)30(28-14-9-15-29(28)31)21-34-17-18-35-24(2)36/h3-5,8,10-13,20,34H,6-7,9,14-19,21-22H2,1-2H3,(H,35,36)(H,37,38). The number of fused-ring (bicyclic) bond motifs is 1. The second-order valence-electron chi connectivity index (χ2n) is 10.3. The van der Waals surface area contributed by atoms with E-state index >= 15 is 0 Å². The van der Waals surface area contributed by atoms with Crippen LogP contribution in [0, 0.1) is 6.92 Å². The SMILES string of the molecule is CC(=O)NCCNCc1c(OCCCCC(=O)O)cc(OCc2cccc(-c3ccccc3)c2C)c2c1CCC2. The minimum absolute atomic E-state index is 0.0425. The van der Waals surface area contributed by atoms with Crippen LogP contribution < -0.4 is 20.1 Å². The Labute approximate surface area is 236 Å². The van der Waals surface area contributed by atoms with E-state index < -0.39 is 5.97 Å². The van der Waals surface area contributed by atoms with Gasteiger partial charge in [-0.1, -0.05) is 48.5 Å². The Bertz CT molecular complexity index is 1310. The van der Waals surface area contributed by atoms with E-state index in [9.17, 15) is 9.59 Å². The molecular weight excluding hydrogens is 504 g/mol. The van der Waals surface area contributed by atoms with E-state index in [1.54, 1.807) is 0 Å². The van der Waals surface area contributed by atoms with E-state index in [4.69, 9.17) is 14.6 Å². The average Bonchev–Trinajstić information content (AvgIpc) is 3.43. The van der Waals surface area contributed by atoms with Crippen LogP contribution in [0.4, 0.5) is 0 Å². The second kappa shape index (κ2) is 14.5. The first kappa shape index (κ1) is 29.2. The van der Waals surface area contributed by atoms with Gasteiger partial charge in [0.2, 0.25) is 5.91 Å². The summed E-state index contributed by atoms with van der Waals surface area (Å²) in [6.45, 7) is 6.42. The van der Waals surface area contributed by atoms with Gasteiger partial charge in [-0.3, -0.25) is 9.59 Å². The molecule has 212 valence electrons. The number of hydrogen-bond donors (Lipinski definition) is 3. The first-order valence-electron chi connectivity index (χ1n) is 14.2. The van der Waals surface area contributed by atoms with Crippen LogP contribution in [0.1, 0.15) is 60.4 Å². The highest BCUT2D eigenvalue weighted by molar-refractivity contribution is 5.72. The number of carboxylic acid groups (broad SMARTS) is 1. The minimum atomic E-state index is -0.788. The maximum absolute atomic E-state index is 11.2. The number of amides is 1. The van der Waals surface area contributed by atoms with Crippen molar-refractivity contribution in [2.45, 2.75) is 65.5 Å². The number of nitrogens with one attached hydrogen (secondary N) is 2. The lowest BCUT2D eigenvalue weighted by molar-refractivity contribution is -0.137. The molecule has 4 rings (SSSR count). The summed E-state index contributed by atoms with van der Waals surface area (Å²) in [7, 11) is 0. The van der Waals surface area contributed by atoms with Crippen molar-refractivity contribution in [1.82, 2.24) is 10.6 Å². The maximum atomic E-state index is 11.2. The summed E-state index contributed by atoms with van der Waals surface area (Å²) in [4.78, 5) is 22.1. The summed E-state index contributed by atoms with van der Waals surface area (Å²) in [5, 5.41) is 15.2. The third-order valence-corrected chi connectivity index (χ3v) is 7.37. The molecular formula is C33H40N2O5. The number of hydrogen-bond acceptors (Lipinski definition) is 5. The number of carboxylic acids is 1. The first-order valence-corrected chi connectivity index (χ1v) is 14.2. The molecule has 0 saturated heterocycles. The van der Waals surface area contributed by atoms with E-state index in [2.05, 4.69) is 60.0 Å². The Morgan fingerprint density at radius 3 is 2.50 bits per heavy atom. The molecule has 1 aliphatic carbocycles. The van der Waals surface area contributed by atoms with Gasteiger partial charge in [-0.2, -0.15) is 0 Å². The lowest BCUT2D eigenvalue weighted by atomic mass is 9.97. The van der Waals surface area contributed by atoms with Crippen LogP contribution in [0.15, 0.2) is 54.6 Å². The molecule has 0 atom stereocenters. The van der Waals surface area contributed by atoms with Crippen molar-refractivity contribution in [1.29, 1.82) is 0 Å². The van der Waals surface area contributed by atoms with Crippen LogP contribution in [0.25, 0.3) is 11.1 Å². The molecule has 3 aromatic carbocycles. The van der Waals surface area contributed by atoms with E-state index in [1.807, 2.05) is 12.1 Å². The number of benzene rings is 3. The average molecular weight is 545 g/mol. The Hall–Kier alpha value is -3.84. The summed E-state index contributed by atoms with van der Waals surface area (Å²) in [6.07, 6.45) is 4.38. The van der Waals surface area contributed by atoms with Crippen molar-refractivity contribution in [2.75, 3.05) is 19.7 Å². The number of carbonyl (C=O) groups excluding carboxylic acids is 1. The zero-order chi connectivity index (χ0) is 28.3. The fourth-order valence-corrected chi connectivity index (χ4v) is 5.27. The number of rotatable bonds is 15. The molecule has 0 heterocycles. The summed E-state index contributed by atoms with van der Waals surface area (Å²) in [5.41, 5.74) is 8.40. The van der Waals surface area contributed by atoms with Crippen LogP contribution in [-0.4, -0.2) is 36.7 Å². The highest BCUT2D eigenvalue weighted by Gasteiger charge is 2.24. The van der Waals surface area contributed by atoms with Crippen molar-refractivity contribution in [2.24, 2.45) is 0 Å². The molecule has 3 N–H and O–H groups in total. The number of ether oxygens (including phenoxy) is 2. The quantitative estimate of drug-likeness (QED) is 0.216. The molecule has 0 aromatic heterocycles. The van der Waals surface area contributed by atoms with Crippen LogP contribution in [-0.2, 0) is 35.6 Å². The van der Waals surface area contributed by atoms with Gasteiger partial charge in [0.1, 0.15) is 18.1 Å². The summed E-state index contributed by atoms with van der Waals surface area (Å²) < 4.78 is 12.8. The predicted molar refractivity (Wildman–Crippen MR) is 157 cm³/mol. The molecule has 1 amide bonds. The smallest absolute Gasteiger partial charge is 0.303 e. The van der Waals surface area contributed by atoms with Crippen molar-refractivity contribution >= 4 is 11.9 Å². The van der Waals surface area contributed by atoms with E-state index in [-0.39, 0.29) is 12.3 Å². The fourth-order valence-electron chi connectivity index (χ4n) is 5.27. The Morgan fingerprint density at radius 1 is 0.925 bits per heavy atom. The second-order valence-corrected chi connectivity index (χ2v) is 10.3. The molecule has 7 nitrogen and oxygen atoms in total. The van der Waals surface area contributed by atoms with Gasteiger partial charge in [0.15, 0.2) is 0 Å². The van der Waals surface area contributed by atoms with Gasteiger partial charge in [-0.25, -0.2) is 0 Å². The molecule has 0 saturated carbocycles. The molecule has 0 fully saturated rings. The molecule has 0 radical (unpaired) electrons. The fraction of sp³-hybridized carbons (Fsp3) is 0.394. The molecule has 0 unspecified atom stereocenters. The summed E-state index contributed by atoms with van der Waals surface area (Å²) >= 11 is 0. The van der Waals surface area contributed by atoms with Crippen LogP contribution in [0.3, 0.4) is 0 Å². The van der Waals surface area contributed by atoms with Gasteiger partial charge in [0, 0.05) is 44.6 Å². The van der Waals surface area contributed by atoms with Gasteiger partial charge in [0.25, 0.3) is 0 Å². The number of aliphatic carboxylic acids is 1. The van der Waals surface area contributed by atoms with E-state index in [0.717, 1.165) is 41.9 Å². The van der Waals surface area contributed by atoms with Crippen molar-refractivity contribution in [3.63, 3.8) is 0 Å². The first-order chi connectivity index (χ1) is 19.4. The van der Waals surface area contributed by atoms with Gasteiger partial charge < -0.3 is 25.2 Å². The normalized spacial score (nSPS) is 12.2. The molecule has 7 heteroatoms. The monoisotopic (exact) mass is 544 g/mol. The van der Waals surface area contributed by atoms with Gasteiger partial charge >= 0.3 is 5.97 Å². The van der Waals surface area contributed by atoms with Gasteiger partial charge in [-0.15, -0.1) is 0 Å². The van der Waals surface area contributed by atoms with Crippen LogP contribution in [0.5, 0.6) is 11.5 Å². The van der Waals surface area contributed by atoms with Crippen molar-refractivity contribution < 1.29 is 24.2 Å². The molecule has 0 aliphatic heterocycles. The Morgan fingerprint density at radius 2 is 1.73 bits per heavy atom. The largest absolute Gasteiger partial charge is 0.493 e. The zero-order valence-electron chi connectivity index (χ0n) is 23.6. The number of unbranched alkanes of at least 4 members (excludes halogenated alkanes) is 1. The summed E-state index contributed by atoms with van der Waals surface area (Å²) in [5.74, 6) is 0.815. The van der Waals surface area contributed by atoms with E-state index in [1.165, 1.54) is 34.7 Å². The third-order valence-electron chi connectivity index (χ3n) is 7.37. The number of carbonyl (C=O) groups is 2. The highest BCUT2D eigenvalue weighted by atomic mass is 16.5. The van der Waals surface area contributed by atoms with Crippen LogP contribution >= 0.6 is 0 Å². The maximum Gasteiger partial charge on any atom is 0.303 e. The molecule has 3 aromatic rings. The Balaban J connectivity index is 1.53. The Kier molecular flexibility index (Phi) is 10.6. The lowest BCUT2D eigenvalue weighted by Gasteiger charge is -2.20. The van der Waals surface area contributed by atoms with Crippen molar-refractivity contribution in [3.05, 3.63) is 82.4 Å². The predicted octanol–water partition coefficient (Wildman–Crippen LogP) is 5.59. The molecule has 0 bridgehead atoms. The van der Waals surface area contributed by atoms with Crippen molar-refractivity contribution in [3.8, 4) is 22.6 Å². The van der Waals surface area contributed by atoms with E-state index in [0.29, 0.717) is 45.7 Å².